The van der Waals surface area contributed by atoms with Crippen molar-refractivity contribution in [3.63, 3.8) is 0 Å². The van der Waals surface area contributed by atoms with Crippen LogP contribution in [0.1, 0.15) is 19.6 Å². The zero-order valence-corrected chi connectivity index (χ0v) is 19.1. The van der Waals surface area contributed by atoms with Gasteiger partial charge in [-0.2, -0.15) is 0 Å². The highest BCUT2D eigenvalue weighted by molar-refractivity contribution is 5.87. The minimum Gasteiger partial charge on any atom is -0.491 e. The van der Waals surface area contributed by atoms with Gasteiger partial charge in [0.2, 0.25) is 0 Å². The van der Waals surface area contributed by atoms with E-state index in [0.29, 0.717) is 29.5 Å². The van der Waals surface area contributed by atoms with Gasteiger partial charge in [0.15, 0.2) is 5.82 Å². The van der Waals surface area contributed by atoms with E-state index in [-0.39, 0.29) is 6.61 Å². The molecule has 3 unspecified atom stereocenters. The van der Waals surface area contributed by atoms with Gasteiger partial charge in [0, 0.05) is 24.1 Å². The summed E-state index contributed by atoms with van der Waals surface area (Å²) in [6, 6.07) is 11.3. The fourth-order valence-corrected chi connectivity index (χ4v) is 4.15. The molecule has 1 aliphatic heterocycles. The quantitative estimate of drug-likeness (QED) is 0.334. The minimum atomic E-state index is -1.09. The summed E-state index contributed by atoms with van der Waals surface area (Å²) in [6.45, 7) is 1.93. The van der Waals surface area contributed by atoms with E-state index in [1.54, 1.807) is 6.92 Å². The van der Waals surface area contributed by atoms with Crippen LogP contribution in [-0.2, 0) is 14.4 Å². The van der Waals surface area contributed by atoms with Crippen molar-refractivity contribution >= 4 is 33.6 Å². The monoisotopic (exact) mass is 466 g/mol. The summed E-state index contributed by atoms with van der Waals surface area (Å²) in [5.41, 5.74) is 5.82. The molecule has 0 spiro atoms. The Labute approximate surface area is 195 Å². The summed E-state index contributed by atoms with van der Waals surface area (Å²) >= 11 is 0. The van der Waals surface area contributed by atoms with Crippen LogP contribution < -0.4 is 15.7 Å². The van der Waals surface area contributed by atoms with Gasteiger partial charge in [-0.25, -0.2) is 25.9 Å². The molecule has 5 rings (SSSR count). The van der Waals surface area contributed by atoms with Crippen LogP contribution in [0.3, 0.4) is 0 Å². The lowest BCUT2D eigenvalue weighted by Crippen LogP contribution is -2.38. The van der Waals surface area contributed by atoms with Gasteiger partial charge in [0.25, 0.3) is 0 Å². The Morgan fingerprint density at radius 2 is 1.97 bits per heavy atom. The zero-order chi connectivity index (χ0) is 23.7. The van der Waals surface area contributed by atoms with E-state index in [4.69, 9.17) is 19.1 Å². The molecule has 11 nitrogen and oxygen atoms in total. The lowest BCUT2D eigenvalue weighted by atomic mass is 9.98. The molecule has 0 aliphatic carbocycles. The van der Waals surface area contributed by atoms with Gasteiger partial charge >= 0.3 is 0 Å². The van der Waals surface area contributed by atoms with Gasteiger partial charge in [-0.3, -0.25) is 9.68 Å². The minimum absolute atomic E-state index is 0.176. The predicted molar refractivity (Wildman–Crippen MR) is 125 cm³/mol. The zero-order valence-electron chi connectivity index (χ0n) is 19.1. The SMILES string of the molecule is CONc1ccc2ccc(OCC3OC(n4ccc5c(NOC)ncnc54)CC3(C)O)cc2n1. The van der Waals surface area contributed by atoms with Gasteiger partial charge in [-0.1, -0.05) is 0 Å². The molecule has 3 N–H and O–H groups in total. The fraction of sp³-hybridized carbons (Fsp3) is 0.348. The van der Waals surface area contributed by atoms with Gasteiger partial charge in [0.05, 0.1) is 30.7 Å². The average molecular weight is 466 g/mol. The predicted octanol–water partition coefficient (Wildman–Crippen LogP) is 3.04. The Bertz CT molecular complexity index is 1310. The highest BCUT2D eigenvalue weighted by atomic mass is 16.6. The number of hydrogen-bond acceptors (Lipinski definition) is 10. The maximum atomic E-state index is 11.1. The molecule has 0 amide bonds. The molecule has 0 bridgehead atoms. The van der Waals surface area contributed by atoms with Gasteiger partial charge < -0.3 is 19.1 Å². The van der Waals surface area contributed by atoms with Crippen LogP contribution in [0.15, 0.2) is 48.9 Å². The molecule has 0 saturated carbocycles. The van der Waals surface area contributed by atoms with Crippen molar-refractivity contribution in [2.45, 2.75) is 31.3 Å². The molecule has 3 atom stereocenters. The summed E-state index contributed by atoms with van der Waals surface area (Å²) in [5.74, 6) is 1.79. The molecular weight excluding hydrogens is 440 g/mol. The number of rotatable bonds is 8. The van der Waals surface area contributed by atoms with Crippen molar-refractivity contribution in [1.29, 1.82) is 0 Å². The van der Waals surface area contributed by atoms with Crippen molar-refractivity contribution in [3.05, 3.63) is 48.9 Å². The Morgan fingerprint density at radius 3 is 2.79 bits per heavy atom. The third-order valence-corrected chi connectivity index (χ3v) is 5.89. The first kappa shape index (κ1) is 22.3. The van der Waals surface area contributed by atoms with E-state index in [0.717, 1.165) is 16.3 Å². The molecule has 1 aliphatic rings. The maximum absolute atomic E-state index is 11.1. The topological polar surface area (TPSA) is 125 Å². The van der Waals surface area contributed by atoms with Crippen molar-refractivity contribution in [3.8, 4) is 5.75 Å². The maximum Gasteiger partial charge on any atom is 0.162 e. The van der Waals surface area contributed by atoms with E-state index in [1.807, 2.05) is 47.2 Å². The number of aliphatic hydroxyl groups is 1. The van der Waals surface area contributed by atoms with E-state index in [2.05, 4.69) is 25.9 Å². The number of aromatic nitrogens is 4. The Hall–Kier alpha value is -3.51. The molecular formula is C23H26N6O5. The molecule has 1 fully saturated rings. The summed E-state index contributed by atoms with van der Waals surface area (Å²) in [5, 5.41) is 12.8. The third kappa shape index (κ3) is 4.21. The van der Waals surface area contributed by atoms with E-state index in [1.165, 1.54) is 20.5 Å². The van der Waals surface area contributed by atoms with E-state index < -0.39 is 17.9 Å². The van der Waals surface area contributed by atoms with Crippen LogP contribution in [0, 0.1) is 0 Å². The normalized spacial score (nSPS) is 22.4. The number of nitrogens with one attached hydrogen (secondary N) is 2. The van der Waals surface area contributed by atoms with Crippen molar-refractivity contribution in [2.24, 2.45) is 0 Å². The van der Waals surface area contributed by atoms with Crippen LogP contribution >= 0.6 is 0 Å². The van der Waals surface area contributed by atoms with E-state index >= 15 is 0 Å². The van der Waals surface area contributed by atoms with Crippen molar-refractivity contribution in [1.82, 2.24) is 19.5 Å². The summed E-state index contributed by atoms with van der Waals surface area (Å²) in [4.78, 5) is 23.0. The van der Waals surface area contributed by atoms with Crippen LogP contribution in [0.2, 0.25) is 0 Å². The molecule has 4 aromatic rings. The standard InChI is InChI=1S/C23H26N6O5/c1-23(30)11-20(29-9-8-16-21(28-32-3)24-13-25-22(16)29)34-18(23)12-33-15-6-4-14-5-7-19(27-31-2)26-17(14)10-15/h4-10,13,18,20,30H,11-12H2,1-3H3,(H,26,27)(H,24,25,28). The number of fused-ring (bicyclic) bond motifs is 2. The smallest absolute Gasteiger partial charge is 0.162 e. The highest BCUT2D eigenvalue weighted by Gasteiger charge is 2.45. The van der Waals surface area contributed by atoms with Crippen molar-refractivity contribution < 1.29 is 24.3 Å². The molecule has 34 heavy (non-hydrogen) atoms. The van der Waals surface area contributed by atoms with Crippen LogP contribution in [0.5, 0.6) is 5.75 Å². The fourth-order valence-electron chi connectivity index (χ4n) is 4.15. The van der Waals surface area contributed by atoms with Gasteiger partial charge in [-0.05, 0) is 37.3 Å². The lowest BCUT2D eigenvalue weighted by Gasteiger charge is -2.23. The Morgan fingerprint density at radius 1 is 1.15 bits per heavy atom. The lowest BCUT2D eigenvalue weighted by molar-refractivity contribution is -0.0690. The van der Waals surface area contributed by atoms with Crippen LogP contribution in [-0.4, -0.2) is 57.2 Å². The molecule has 3 aromatic heterocycles. The first-order chi connectivity index (χ1) is 16.5. The molecule has 11 heteroatoms. The van der Waals surface area contributed by atoms with Gasteiger partial charge in [0.1, 0.15) is 42.5 Å². The summed E-state index contributed by atoms with van der Waals surface area (Å²) < 4.78 is 14.1. The number of nitrogens with zero attached hydrogens (tertiary/aromatic N) is 4. The number of ether oxygens (including phenoxy) is 2. The number of hydrogen-bond donors (Lipinski definition) is 3. The molecule has 4 heterocycles. The molecule has 178 valence electrons. The van der Waals surface area contributed by atoms with Gasteiger partial charge in [-0.15, -0.1) is 0 Å². The second-order valence-corrected chi connectivity index (χ2v) is 8.30. The average Bonchev–Trinajstić information content (AvgIpc) is 3.38. The highest BCUT2D eigenvalue weighted by Crippen LogP contribution is 2.39. The third-order valence-electron chi connectivity index (χ3n) is 5.89. The molecule has 0 radical (unpaired) electrons. The largest absolute Gasteiger partial charge is 0.491 e. The Balaban J connectivity index is 1.32. The first-order valence-corrected chi connectivity index (χ1v) is 10.8. The second-order valence-electron chi connectivity index (χ2n) is 8.30. The second kappa shape index (κ2) is 9.03. The van der Waals surface area contributed by atoms with Crippen LogP contribution in [0.4, 0.5) is 11.6 Å². The van der Waals surface area contributed by atoms with Crippen LogP contribution in [0.25, 0.3) is 21.9 Å². The number of benzene rings is 1. The first-order valence-electron chi connectivity index (χ1n) is 10.8. The summed E-state index contributed by atoms with van der Waals surface area (Å²) in [6.07, 6.45) is 2.75. The molecule has 1 aromatic carbocycles. The Kier molecular flexibility index (Phi) is 5.92. The summed E-state index contributed by atoms with van der Waals surface area (Å²) in [7, 11) is 3.05. The number of anilines is 2. The molecule has 1 saturated heterocycles. The van der Waals surface area contributed by atoms with E-state index in [9.17, 15) is 5.11 Å². The number of pyridine rings is 1. The van der Waals surface area contributed by atoms with Crippen molar-refractivity contribution in [2.75, 3.05) is 31.8 Å².